The van der Waals surface area contributed by atoms with Gasteiger partial charge in [-0.1, -0.05) is 19.8 Å². The summed E-state index contributed by atoms with van der Waals surface area (Å²) in [7, 11) is 0. The summed E-state index contributed by atoms with van der Waals surface area (Å²) < 4.78 is 0. The van der Waals surface area contributed by atoms with Crippen LogP contribution >= 0.6 is 0 Å². The van der Waals surface area contributed by atoms with E-state index in [0.717, 1.165) is 19.3 Å². The number of unbranched alkanes of at least 4 members (excludes halogenated alkanes) is 2. The number of carboxylic acid groups (broad SMARTS) is 1. The van der Waals surface area contributed by atoms with Crippen molar-refractivity contribution < 1.29 is 37.1 Å². The Kier molecular flexibility index (Phi) is 10.8. The van der Waals surface area contributed by atoms with E-state index in [2.05, 4.69) is 0 Å². The monoisotopic (exact) mass is 265 g/mol. The molecule has 0 aliphatic carbocycles. The Bertz CT molecular complexity index is 145. The van der Waals surface area contributed by atoms with Crippen molar-refractivity contribution in [2.45, 2.75) is 39.0 Å². The van der Waals surface area contributed by atoms with Gasteiger partial charge in [0, 0.05) is 28.8 Å². The first-order valence-corrected chi connectivity index (χ1v) is 3.90. The predicted octanol–water partition coefficient (Wildman–Crippen LogP) is 1.61. The maximum absolute atomic E-state index is 10.7. The van der Waals surface area contributed by atoms with Crippen LogP contribution in [0.1, 0.15) is 39.0 Å². The van der Waals surface area contributed by atoms with Crippen LogP contribution in [0.25, 0.3) is 0 Å². The van der Waals surface area contributed by atoms with Gasteiger partial charge in [-0.2, -0.15) is 0 Å². The number of hydrogen-bond donors (Lipinski definition) is 1. The van der Waals surface area contributed by atoms with Crippen molar-refractivity contribution in [1.29, 1.82) is 0 Å². The quantitative estimate of drug-likeness (QED) is 0.451. The van der Waals surface area contributed by atoms with Gasteiger partial charge in [-0.05, 0) is 6.42 Å². The van der Waals surface area contributed by atoms with Crippen molar-refractivity contribution in [3.63, 3.8) is 0 Å². The third-order valence-electron chi connectivity index (χ3n) is 1.41. The molecule has 0 aliphatic rings. The second-order valence-corrected chi connectivity index (χ2v) is 2.57. The molecule has 1 radical (unpaired) electrons. The van der Waals surface area contributed by atoms with E-state index in [0.29, 0.717) is 6.42 Å². The minimum atomic E-state index is -1.02. The van der Waals surface area contributed by atoms with E-state index in [1.54, 1.807) is 0 Å². The molecule has 1 N–H and O–H groups in total. The van der Waals surface area contributed by atoms with E-state index in [-0.39, 0.29) is 34.6 Å². The SMILES string of the molecule is CCCCCC(=O)CC(=O)O.[Ag]. The summed E-state index contributed by atoms with van der Waals surface area (Å²) in [6.45, 7) is 2.04. The summed E-state index contributed by atoms with van der Waals surface area (Å²) in [4.78, 5) is 20.8. The maximum Gasteiger partial charge on any atom is 0.310 e. The van der Waals surface area contributed by atoms with E-state index in [1.165, 1.54) is 0 Å². The summed E-state index contributed by atoms with van der Waals surface area (Å²) in [5.41, 5.74) is 0. The van der Waals surface area contributed by atoms with Crippen LogP contribution in [0, 0.1) is 0 Å². The average molecular weight is 266 g/mol. The van der Waals surface area contributed by atoms with Gasteiger partial charge in [0.25, 0.3) is 0 Å². The molecule has 0 aromatic rings. The summed E-state index contributed by atoms with van der Waals surface area (Å²) in [5.74, 6) is -1.18. The van der Waals surface area contributed by atoms with Gasteiger partial charge in [-0.15, -0.1) is 0 Å². The number of Topliss-reactive ketones (excluding diaryl/α,β-unsaturated/α-hetero) is 1. The first kappa shape index (κ1) is 14.4. The van der Waals surface area contributed by atoms with Crippen LogP contribution in [0.15, 0.2) is 0 Å². The number of rotatable bonds is 6. The molecule has 0 amide bonds. The smallest absolute Gasteiger partial charge is 0.310 e. The van der Waals surface area contributed by atoms with E-state index >= 15 is 0 Å². The maximum atomic E-state index is 10.7. The van der Waals surface area contributed by atoms with Gasteiger partial charge in [0.2, 0.25) is 0 Å². The Morgan fingerprint density at radius 2 is 1.83 bits per heavy atom. The van der Waals surface area contributed by atoms with Gasteiger partial charge in [0.05, 0.1) is 0 Å². The standard InChI is InChI=1S/C8H14O3.Ag/c1-2-3-4-5-7(9)6-8(10)11;/h2-6H2,1H3,(H,10,11);. The van der Waals surface area contributed by atoms with Crippen LogP contribution in [0.5, 0.6) is 0 Å². The molecule has 0 bridgehead atoms. The molecule has 4 heteroatoms. The third-order valence-corrected chi connectivity index (χ3v) is 1.41. The molecule has 0 fully saturated rings. The van der Waals surface area contributed by atoms with Crippen molar-refractivity contribution in [3.8, 4) is 0 Å². The molecule has 0 saturated carbocycles. The van der Waals surface area contributed by atoms with Gasteiger partial charge >= 0.3 is 5.97 Å². The fraction of sp³-hybridized carbons (Fsp3) is 0.750. The molecule has 0 unspecified atom stereocenters. The largest absolute Gasteiger partial charge is 0.481 e. The fourth-order valence-electron chi connectivity index (χ4n) is 0.829. The zero-order valence-corrected chi connectivity index (χ0v) is 8.58. The zero-order valence-electron chi connectivity index (χ0n) is 7.10. The van der Waals surface area contributed by atoms with Crippen molar-refractivity contribution in [3.05, 3.63) is 0 Å². The summed E-state index contributed by atoms with van der Waals surface area (Å²) in [6, 6.07) is 0. The first-order chi connectivity index (χ1) is 5.16. The Morgan fingerprint density at radius 3 is 2.25 bits per heavy atom. The fourth-order valence-corrected chi connectivity index (χ4v) is 0.829. The summed E-state index contributed by atoms with van der Waals surface area (Å²) >= 11 is 0. The van der Waals surface area contributed by atoms with E-state index in [1.807, 2.05) is 6.92 Å². The Morgan fingerprint density at radius 1 is 1.25 bits per heavy atom. The molecule has 0 rings (SSSR count). The molecule has 0 aliphatic heterocycles. The normalized spacial score (nSPS) is 8.75. The zero-order chi connectivity index (χ0) is 8.69. The third kappa shape index (κ3) is 9.88. The van der Waals surface area contributed by atoms with Crippen LogP contribution in [0.3, 0.4) is 0 Å². The molecule has 3 nitrogen and oxygen atoms in total. The minimum Gasteiger partial charge on any atom is -0.481 e. The number of carbonyl (C=O) groups excluding carboxylic acids is 1. The Balaban J connectivity index is 0. The molecule has 0 aromatic heterocycles. The van der Waals surface area contributed by atoms with E-state index < -0.39 is 5.97 Å². The summed E-state index contributed by atoms with van der Waals surface area (Å²) in [6.07, 6.45) is 2.98. The van der Waals surface area contributed by atoms with Crippen LogP contribution < -0.4 is 0 Å². The van der Waals surface area contributed by atoms with Crippen LogP contribution in [0.2, 0.25) is 0 Å². The predicted molar refractivity (Wildman–Crippen MR) is 41.4 cm³/mol. The molecule has 12 heavy (non-hydrogen) atoms. The van der Waals surface area contributed by atoms with Crippen molar-refractivity contribution in [2.24, 2.45) is 0 Å². The van der Waals surface area contributed by atoms with Crippen molar-refractivity contribution >= 4 is 11.8 Å². The molecule has 0 heterocycles. The Labute approximate surface area is 88.0 Å². The van der Waals surface area contributed by atoms with Gasteiger partial charge < -0.3 is 5.11 Å². The van der Waals surface area contributed by atoms with Gasteiger partial charge in [0.1, 0.15) is 12.2 Å². The second kappa shape index (κ2) is 8.97. The molecular weight excluding hydrogens is 252 g/mol. The number of ketones is 1. The van der Waals surface area contributed by atoms with Gasteiger partial charge in [-0.25, -0.2) is 0 Å². The molecule has 0 aromatic carbocycles. The molecule has 0 atom stereocenters. The summed E-state index contributed by atoms with van der Waals surface area (Å²) in [5, 5.41) is 8.22. The molecule has 75 valence electrons. The first-order valence-electron chi connectivity index (χ1n) is 3.90. The van der Waals surface area contributed by atoms with Crippen LogP contribution in [-0.2, 0) is 32.0 Å². The van der Waals surface area contributed by atoms with Crippen molar-refractivity contribution in [2.75, 3.05) is 0 Å². The molecule has 0 saturated heterocycles. The molecular formula is C8H14AgO3. The average Bonchev–Trinajstić information content (AvgIpc) is 1.86. The van der Waals surface area contributed by atoms with Gasteiger partial charge in [0.15, 0.2) is 0 Å². The van der Waals surface area contributed by atoms with Crippen LogP contribution in [0.4, 0.5) is 0 Å². The molecule has 0 spiro atoms. The number of carboxylic acids is 1. The van der Waals surface area contributed by atoms with E-state index in [9.17, 15) is 9.59 Å². The van der Waals surface area contributed by atoms with Gasteiger partial charge in [-0.3, -0.25) is 9.59 Å². The topological polar surface area (TPSA) is 54.4 Å². The minimum absolute atomic E-state index is 0. The van der Waals surface area contributed by atoms with Crippen LogP contribution in [-0.4, -0.2) is 16.9 Å². The van der Waals surface area contributed by atoms with E-state index in [4.69, 9.17) is 5.11 Å². The Hall–Kier alpha value is -0.120. The number of hydrogen-bond acceptors (Lipinski definition) is 2. The number of aliphatic carboxylic acids is 1. The second-order valence-electron chi connectivity index (χ2n) is 2.57. The van der Waals surface area contributed by atoms with Crippen molar-refractivity contribution in [1.82, 2.24) is 0 Å². The number of carbonyl (C=O) groups is 2.